The zero-order valence-electron chi connectivity index (χ0n) is 10.7. The van der Waals surface area contributed by atoms with Crippen LogP contribution in [0.25, 0.3) is 28.9 Å². The van der Waals surface area contributed by atoms with Crippen molar-refractivity contribution in [2.75, 3.05) is 0 Å². The molecule has 4 heterocycles. The van der Waals surface area contributed by atoms with Crippen LogP contribution in [0.15, 0.2) is 64.3 Å². The highest BCUT2D eigenvalue weighted by atomic mass is 16.4. The summed E-state index contributed by atoms with van der Waals surface area (Å²) in [4.78, 5) is 8.32. The largest absolute Gasteiger partial charge is 0.459 e. The van der Waals surface area contributed by atoms with Gasteiger partial charge in [0, 0.05) is 18.6 Å². The lowest BCUT2D eigenvalue weighted by Crippen LogP contribution is -1.93. The first-order valence-corrected chi connectivity index (χ1v) is 6.22. The normalized spacial score (nSPS) is 10.9. The van der Waals surface area contributed by atoms with Crippen molar-refractivity contribution >= 4 is 0 Å². The van der Waals surface area contributed by atoms with Crippen LogP contribution >= 0.6 is 0 Å². The second-order valence-corrected chi connectivity index (χ2v) is 4.26. The van der Waals surface area contributed by atoms with E-state index in [9.17, 15) is 0 Å². The maximum absolute atomic E-state index is 5.57. The van der Waals surface area contributed by atoms with E-state index in [1.807, 2.05) is 22.9 Å². The maximum Gasteiger partial charge on any atom is 0.283 e. The van der Waals surface area contributed by atoms with E-state index in [4.69, 9.17) is 8.83 Å². The smallest absolute Gasteiger partial charge is 0.283 e. The number of nitrogens with zero attached hydrogens (tertiary/aromatic N) is 5. The van der Waals surface area contributed by atoms with Gasteiger partial charge >= 0.3 is 0 Å². The monoisotopic (exact) mass is 279 g/mol. The Balaban J connectivity index is 1.65. The fraction of sp³-hybridized carbons (Fsp3) is 0. The minimum Gasteiger partial charge on any atom is -0.459 e. The molecule has 0 radical (unpaired) electrons. The zero-order chi connectivity index (χ0) is 14.1. The predicted molar refractivity (Wildman–Crippen MR) is 72.4 cm³/mol. The Morgan fingerprint density at radius 2 is 2.00 bits per heavy atom. The van der Waals surface area contributed by atoms with Crippen molar-refractivity contribution < 1.29 is 8.83 Å². The van der Waals surface area contributed by atoms with Crippen molar-refractivity contribution in [2.45, 2.75) is 0 Å². The lowest BCUT2D eigenvalue weighted by atomic mass is 10.3. The third-order valence-electron chi connectivity index (χ3n) is 2.92. The van der Waals surface area contributed by atoms with E-state index in [0.717, 1.165) is 11.4 Å². The highest BCUT2D eigenvalue weighted by Gasteiger charge is 2.12. The average molecular weight is 279 g/mol. The summed E-state index contributed by atoms with van der Waals surface area (Å²) in [6, 6.07) is 7.24. The molecule has 0 fully saturated rings. The van der Waals surface area contributed by atoms with E-state index in [1.54, 1.807) is 37.1 Å². The summed E-state index contributed by atoms with van der Waals surface area (Å²) in [5.41, 5.74) is 0.740. The lowest BCUT2D eigenvalue weighted by Gasteiger charge is -2.00. The van der Waals surface area contributed by atoms with Crippen molar-refractivity contribution in [2.24, 2.45) is 0 Å². The lowest BCUT2D eigenvalue weighted by molar-refractivity contribution is 0.523. The Labute approximate surface area is 118 Å². The topological polar surface area (TPSA) is 82.8 Å². The number of aromatic nitrogens is 5. The predicted octanol–water partition coefficient (Wildman–Crippen LogP) is 2.58. The molecule has 4 rings (SSSR count). The number of imidazole rings is 1. The fourth-order valence-corrected chi connectivity index (χ4v) is 1.90. The van der Waals surface area contributed by atoms with Crippen molar-refractivity contribution in [3.63, 3.8) is 0 Å². The summed E-state index contributed by atoms with van der Waals surface area (Å²) in [5, 5.41) is 7.95. The molecule has 0 aliphatic carbocycles. The summed E-state index contributed by atoms with van der Waals surface area (Å²) in [7, 11) is 0. The number of hydrogen-bond donors (Lipinski definition) is 0. The van der Waals surface area contributed by atoms with Crippen LogP contribution in [0.1, 0.15) is 0 Å². The molecular weight excluding hydrogens is 270 g/mol. The number of hydrogen-bond acceptors (Lipinski definition) is 6. The Kier molecular flexibility index (Phi) is 2.60. The molecule has 4 aromatic heterocycles. The van der Waals surface area contributed by atoms with Crippen LogP contribution < -0.4 is 0 Å². The highest BCUT2D eigenvalue weighted by molar-refractivity contribution is 5.54. The van der Waals surface area contributed by atoms with E-state index in [-0.39, 0.29) is 0 Å². The third kappa shape index (κ3) is 2.10. The molecule has 0 aromatic carbocycles. The van der Waals surface area contributed by atoms with Gasteiger partial charge in [-0.15, -0.1) is 10.2 Å². The van der Waals surface area contributed by atoms with Gasteiger partial charge in [-0.2, -0.15) is 0 Å². The molecule has 0 aliphatic heterocycles. The molecule has 0 spiro atoms. The summed E-state index contributed by atoms with van der Waals surface area (Å²) >= 11 is 0. The van der Waals surface area contributed by atoms with Crippen molar-refractivity contribution in [1.82, 2.24) is 24.7 Å². The molecule has 0 saturated carbocycles. The molecule has 102 valence electrons. The Morgan fingerprint density at radius 1 is 1.05 bits per heavy atom. The number of rotatable bonds is 3. The van der Waals surface area contributed by atoms with Crippen LogP contribution in [0.2, 0.25) is 0 Å². The van der Waals surface area contributed by atoms with E-state index in [2.05, 4.69) is 20.2 Å². The first kappa shape index (κ1) is 11.6. The highest BCUT2D eigenvalue weighted by Crippen LogP contribution is 2.23. The molecule has 0 amide bonds. The minimum atomic E-state index is 0.341. The fourth-order valence-electron chi connectivity index (χ4n) is 1.90. The van der Waals surface area contributed by atoms with Crippen LogP contribution in [0.4, 0.5) is 0 Å². The molecule has 0 unspecified atom stereocenters. The van der Waals surface area contributed by atoms with Gasteiger partial charge in [-0.05, 0) is 24.3 Å². The van der Waals surface area contributed by atoms with E-state index < -0.39 is 0 Å². The molecule has 0 aliphatic rings. The molecule has 7 heteroatoms. The van der Waals surface area contributed by atoms with Crippen LogP contribution in [-0.2, 0) is 0 Å². The van der Waals surface area contributed by atoms with E-state index >= 15 is 0 Å². The molecule has 0 bridgehead atoms. The van der Waals surface area contributed by atoms with Crippen molar-refractivity contribution in [3.8, 4) is 28.9 Å². The van der Waals surface area contributed by atoms with Crippen LogP contribution in [0.5, 0.6) is 0 Å². The summed E-state index contributed by atoms with van der Waals surface area (Å²) in [6.45, 7) is 0. The van der Waals surface area contributed by atoms with Gasteiger partial charge in [0.25, 0.3) is 5.89 Å². The van der Waals surface area contributed by atoms with Gasteiger partial charge in [0.15, 0.2) is 5.76 Å². The van der Waals surface area contributed by atoms with Gasteiger partial charge in [0.05, 0.1) is 11.8 Å². The second-order valence-electron chi connectivity index (χ2n) is 4.26. The summed E-state index contributed by atoms with van der Waals surface area (Å²) in [5.74, 6) is 2.04. The zero-order valence-corrected chi connectivity index (χ0v) is 10.7. The van der Waals surface area contributed by atoms with E-state index in [1.165, 1.54) is 0 Å². The SMILES string of the molecule is c1coc(-c2nnc(-c3ccc(-n4ccnc4)nc3)o2)c1. The van der Waals surface area contributed by atoms with Crippen LogP contribution in [0.3, 0.4) is 0 Å². The molecule has 4 aromatic rings. The maximum atomic E-state index is 5.57. The van der Waals surface area contributed by atoms with Crippen molar-refractivity contribution in [1.29, 1.82) is 0 Å². The molecule has 21 heavy (non-hydrogen) atoms. The number of pyridine rings is 1. The van der Waals surface area contributed by atoms with Gasteiger partial charge in [-0.25, -0.2) is 9.97 Å². The van der Waals surface area contributed by atoms with Gasteiger partial charge in [-0.1, -0.05) is 0 Å². The Morgan fingerprint density at radius 3 is 2.71 bits per heavy atom. The van der Waals surface area contributed by atoms with Gasteiger partial charge in [0.2, 0.25) is 5.89 Å². The minimum absolute atomic E-state index is 0.341. The Hall–Kier alpha value is -3.22. The first-order chi connectivity index (χ1) is 10.4. The van der Waals surface area contributed by atoms with Crippen molar-refractivity contribution in [3.05, 3.63) is 55.4 Å². The molecule has 0 saturated heterocycles. The van der Waals surface area contributed by atoms with Gasteiger partial charge < -0.3 is 8.83 Å². The standard InChI is InChI=1S/C14H9N5O2/c1-2-11(20-7-1)14-18-17-13(21-14)10-3-4-12(16-8-10)19-6-5-15-9-19/h1-9H. The quantitative estimate of drug-likeness (QED) is 0.573. The van der Waals surface area contributed by atoms with Gasteiger partial charge in [0.1, 0.15) is 12.1 Å². The second kappa shape index (κ2) is 4.71. The molecule has 0 N–H and O–H groups in total. The molecular formula is C14H9N5O2. The number of furan rings is 1. The third-order valence-corrected chi connectivity index (χ3v) is 2.92. The van der Waals surface area contributed by atoms with Crippen LogP contribution in [0, 0.1) is 0 Å². The van der Waals surface area contributed by atoms with Gasteiger partial charge in [-0.3, -0.25) is 4.57 Å². The average Bonchev–Trinajstić information content (AvgIpc) is 3.27. The molecule has 7 nitrogen and oxygen atoms in total. The van der Waals surface area contributed by atoms with E-state index in [0.29, 0.717) is 17.5 Å². The molecule has 0 atom stereocenters. The van der Waals surface area contributed by atoms with Crippen LogP contribution in [-0.4, -0.2) is 24.7 Å². The Bertz CT molecular complexity index is 832. The summed E-state index contributed by atoms with van der Waals surface area (Å²) < 4.78 is 12.6. The summed E-state index contributed by atoms with van der Waals surface area (Å²) in [6.07, 6.45) is 8.44. The first-order valence-electron chi connectivity index (χ1n) is 6.22.